The molecular formula is C9H17N3. The van der Waals surface area contributed by atoms with Crippen molar-refractivity contribution in [3.8, 4) is 0 Å². The van der Waals surface area contributed by atoms with Crippen LogP contribution in [0.25, 0.3) is 0 Å². The normalized spacial score (nSPS) is 12.1. The second kappa shape index (κ2) is 2.90. The predicted octanol–water partition coefficient (Wildman–Crippen LogP) is 0.965. The van der Waals surface area contributed by atoms with Crippen molar-refractivity contribution in [2.45, 2.75) is 26.2 Å². The zero-order valence-electron chi connectivity index (χ0n) is 8.26. The van der Waals surface area contributed by atoms with Gasteiger partial charge >= 0.3 is 0 Å². The molecule has 12 heavy (non-hydrogen) atoms. The highest BCUT2D eigenvalue weighted by Crippen LogP contribution is 2.23. The fourth-order valence-electron chi connectivity index (χ4n) is 1.62. The van der Waals surface area contributed by atoms with Crippen molar-refractivity contribution in [2.75, 3.05) is 6.54 Å². The van der Waals surface area contributed by atoms with Gasteiger partial charge in [-0.3, -0.25) is 4.68 Å². The Balaban J connectivity index is 3.17. The fraction of sp³-hybridized carbons (Fsp3) is 0.667. The average molecular weight is 167 g/mol. The lowest BCUT2D eigenvalue weighted by molar-refractivity contribution is 0.484. The molecule has 0 atom stereocenters. The largest absolute Gasteiger partial charge is 0.330 e. The summed E-state index contributed by atoms with van der Waals surface area (Å²) in [7, 11) is 1.96. The van der Waals surface area contributed by atoms with E-state index in [0.717, 1.165) is 0 Å². The first kappa shape index (κ1) is 9.26. The zero-order chi connectivity index (χ0) is 9.35. The van der Waals surface area contributed by atoms with Gasteiger partial charge in [0.1, 0.15) is 0 Å². The molecular weight excluding hydrogens is 150 g/mol. The van der Waals surface area contributed by atoms with Crippen molar-refractivity contribution in [3.63, 3.8) is 0 Å². The summed E-state index contributed by atoms with van der Waals surface area (Å²) in [5.74, 6) is 0. The standard InChI is InChI=1S/C9H17N3/c1-7-5-11-12(4)8(7)9(2,3)6-10/h5H,6,10H2,1-4H3. The zero-order valence-corrected chi connectivity index (χ0v) is 8.26. The molecule has 0 unspecified atom stereocenters. The van der Waals surface area contributed by atoms with E-state index in [1.807, 2.05) is 17.9 Å². The van der Waals surface area contributed by atoms with Crippen molar-refractivity contribution in [3.05, 3.63) is 17.5 Å². The van der Waals surface area contributed by atoms with Crippen molar-refractivity contribution in [2.24, 2.45) is 12.8 Å². The monoisotopic (exact) mass is 167 g/mol. The van der Waals surface area contributed by atoms with Crippen molar-refractivity contribution >= 4 is 0 Å². The number of aromatic nitrogens is 2. The summed E-state index contributed by atoms with van der Waals surface area (Å²) in [5, 5.41) is 4.19. The van der Waals surface area contributed by atoms with Crippen molar-refractivity contribution < 1.29 is 0 Å². The molecule has 1 aromatic heterocycles. The van der Waals surface area contributed by atoms with Crippen LogP contribution in [0.4, 0.5) is 0 Å². The lowest BCUT2D eigenvalue weighted by Gasteiger charge is -2.23. The SMILES string of the molecule is Cc1cnn(C)c1C(C)(C)CN. The summed E-state index contributed by atoms with van der Waals surface area (Å²) in [6.45, 7) is 6.99. The minimum Gasteiger partial charge on any atom is -0.330 e. The summed E-state index contributed by atoms with van der Waals surface area (Å²) < 4.78 is 1.90. The molecule has 2 N–H and O–H groups in total. The molecule has 68 valence electrons. The third-order valence-electron chi connectivity index (χ3n) is 2.27. The number of aryl methyl sites for hydroxylation is 2. The van der Waals surface area contributed by atoms with Crippen LogP contribution in [-0.2, 0) is 12.5 Å². The van der Waals surface area contributed by atoms with E-state index in [1.54, 1.807) is 0 Å². The van der Waals surface area contributed by atoms with Gasteiger partial charge in [0.15, 0.2) is 0 Å². The van der Waals surface area contributed by atoms with Crippen LogP contribution in [0.1, 0.15) is 25.1 Å². The fourth-order valence-corrected chi connectivity index (χ4v) is 1.62. The van der Waals surface area contributed by atoms with E-state index in [0.29, 0.717) is 6.54 Å². The van der Waals surface area contributed by atoms with E-state index in [2.05, 4.69) is 25.9 Å². The van der Waals surface area contributed by atoms with Crippen LogP contribution in [0.2, 0.25) is 0 Å². The third-order valence-corrected chi connectivity index (χ3v) is 2.27. The summed E-state index contributed by atoms with van der Waals surface area (Å²) in [4.78, 5) is 0. The maximum atomic E-state index is 5.69. The molecule has 0 aliphatic heterocycles. The Morgan fingerprint density at radius 3 is 2.50 bits per heavy atom. The topological polar surface area (TPSA) is 43.8 Å². The smallest absolute Gasteiger partial charge is 0.0521 e. The van der Waals surface area contributed by atoms with Gasteiger partial charge in [0.2, 0.25) is 0 Å². The van der Waals surface area contributed by atoms with Gasteiger partial charge in [0, 0.05) is 24.7 Å². The average Bonchev–Trinajstić information content (AvgIpc) is 2.31. The second-order valence-electron chi connectivity index (χ2n) is 3.89. The van der Waals surface area contributed by atoms with Crippen molar-refractivity contribution in [1.82, 2.24) is 9.78 Å². The van der Waals surface area contributed by atoms with E-state index in [1.165, 1.54) is 11.3 Å². The van der Waals surface area contributed by atoms with Gasteiger partial charge in [0.25, 0.3) is 0 Å². The molecule has 1 rings (SSSR count). The van der Waals surface area contributed by atoms with Gasteiger partial charge in [-0.05, 0) is 12.5 Å². The summed E-state index contributed by atoms with van der Waals surface area (Å²) in [6.07, 6.45) is 1.88. The van der Waals surface area contributed by atoms with Crippen LogP contribution < -0.4 is 5.73 Å². The van der Waals surface area contributed by atoms with E-state index in [-0.39, 0.29) is 5.41 Å². The van der Waals surface area contributed by atoms with Crippen LogP contribution in [0, 0.1) is 6.92 Å². The van der Waals surface area contributed by atoms with Crippen LogP contribution in [0.15, 0.2) is 6.20 Å². The van der Waals surface area contributed by atoms with Gasteiger partial charge in [0.05, 0.1) is 6.20 Å². The first-order valence-corrected chi connectivity index (χ1v) is 4.18. The molecule has 0 saturated heterocycles. The first-order valence-electron chi connectivity index (χ1n) is 4.18. The first-order chi connectivity index (χ1) is 5.49. The molecule has 0 amide bonds. The molecule has 0 fully saturated rings. The van der Waals surface area contributed by atoms with Crippen LogP contribution in [-0.4, -0.2) is 16.3 Å². The highest BCUT2D eigenvalue weighted by molar-refractivity contribution is 5.24. The maximum Gasteiger partial charge on any atom is 0.0521 e. The molecule has 3 heteroatoms. The molecule has 0 radical (unpaired) electrons. The molecule has 0 aliphatic carbocycles. The summed E-state index contributed by atoms with van der Waals surface area (Å²) >= 11 is 0. The summed E-state index contributed by atoms with van der Waals surface area (Å²) in [6, 6.07) is 0. The minimum atomic E-state index is 0.0231. The van der Waals surface area contributed by atoms with E-state index >= 15 is 0 Å². The highest BCUT2D eigenvalue weighted by Gasteiger charge is 2.24. The number of nitrogens with two attached hydrogens (primary N) is 1. The van der Waals surface area contributed by atoms with Crippen molar-refractivity contribution in [1.29, 1.82) is 0 Å². The predicted molar refractivity (Wildman–Crippen MR) is 50.0 cm³/mol. The number of hydrogen-bond acceptors (Lipinski definition) is 2. The highest BCUT2D eigenvalue weighted by atomic mass is 15.3. The Bertz CT molecular complexity index is 254. The van der Waals surface area contributed by atoms with Crippen LogP contribution >= 0.6 is 0 Å². The quantitative estimate of drug-likeness (QED) is 0.713. The van der Waals surface area contributed by atoms with E-state index in [4.69, 9.17) is 5.73 Å². The molecule has 0 spiro atoms. The molecule has 0 saturated carbocycles. The number of hydrogen-bond donors (Lipinski definition) is 1. The van der Waals surface area contributed by atoms with Gasteiger partial charge in [-0.15, -0.1) is 0 Å². The second-order valence-corrected chi connectivity index (χ2v) is 3.89. The van der Waals surface area contributed by atoms with Crippen LogP contribution in [0.3, 0.4) is 0 Å². The Hall–Kier alpha value is -0.830. The van der Waals surface area contributed by atoms with Gasteiger partial charge in [-0.25, -0.2) is 0 Å². The minimum absolute atomic E-state index is 0.0231. The Labute approximate surface area is 73.6 Å². The Morgan fingerprint density at radius 2 is 2.17 bits per heavy atom. The summed E-state index contributed by atoms with van der Waals surface area (Å²) in [5.41, 5.74) is 8.16. The molecule has 0 aromatic carbocycles. The molecule has 3 nitrogen and oxygen atoms in total. The third kappa shape index (κ3) is 1.37. The van der Waals surface area contributed by atoms with E-state index < -0.39 is 0 Å². The molecule has 1 aromatic rings. The number of nitrogens with zero attached hydrogens (tertiary/aromatic N) is 2. The molecule has 0 bridgehead atoms. The maximum absolute atomic E-state index is 5.69. The lowest BCUT2D eigenvalue weighted by Crippen LogP contribution is -2.31. The van der Waals surface area contributed by atoms with Gasteiger partial charge in [-0.2, -0.15) is 5.10 Å². The van der Waals surface area contributed by atoms with Gasteiger partial charge < -0.3 is 5.73 Å². The Kier molecular flexibility index (Phi) is 2.24. The van der Waals surface area contributed by atoms with E-state index in [9.17, 15) is 0 Å². The van der Waals surface area contributed by atoms with Gasteiger partial charge in [-0.1, -0.05) is 13.8 Å². The molecule has 0 aliphatic rings. The Morgan fingerprint density at radius 1 is 1.58 bits per heavy atom. The lowest BCUT2D eigenvalue weighted by atomic mass is 9.87. The molecule has 1 heterocycles. The van der Waals surface area contributed by atoms with Crippen LogP contribution in [0.5, 0.6) is 0 Å². The number of rotatable bonds is 2.